The summed E-state index contributed by atoms with van der Waals surface area (Å²) >= 11 is 1.09. The van der Waals surface area contributed by atoms with E-state index in [1.807, 2.05) is 0 Å². The molecule has 0 aliphatic rings. The third-order valence-electron chi connectivity index (χ3n) is 3.98. The SMILES string of the molecule is O=[N+]([O-])c1cccc(-c2csc(NS(=O)(=O)c3ccc(-c4ccon4)cc3)n2)c1. The number of rotatable bonds is 6. The van der Waals surface area contributed by atoms with Gasteiger partial charge in [0.05, 0.1) is 15.5 Å². The average Bonchev–Trinajstić information content (AvgIpc) is 3.40. The van der Waals surface area contributed by atoms with Crippen LogP contribution in [0, 0.1) is 10.1 Å². The number of nitro benzene ring substituents is 1. The Morgan fingerprint density at radius 3 is 2.52 bits per heavy atom. The lowest BCUT2D eigenvalue weighted by Gasteiger charge is -2.05. The molecule has 0 fully saturated rings. The third kappa shape index (κ3) is 4.00. The Balaban J connectivity index is 1.55. The molecule has 29 heavy (non-hydrogen) atoms. The Kier molecular flexibility index (Phi) is 4.82. The molecule has 0 saturated heterocycles. The largest absolute Gasteiger partial charge is 0.364 e. The molecular weight excluding hydrogens is 416 g/mol. The van der Waals surface area contributed by atoms with Gasteiger partial charge in [-0.25, -0.2) is 13.4 Å². The molecule has 9 nitrogen and oxygen atoms in total. The highest BCUT2D eigenvalue weighted by Gasteiger charge is 2.17. The van der Waals surface area contributed by atoms with Crippen molar-refractivity contribution in [3.63, 3.8) is 0 Å². The summed E-state index contributed by atoms with van der Waals surface area (Å²) in [5.74, 6) is 0. The summed E-state index contributed by atoms with van der Waals surface area (Å²) in [7, 11) is -3.84. The van der Waals surface area contributed by atoms with E-state index in [0.717, 1.165) is 16.9 Å². The van der Waals surface area contributed by atoms with E-state index in [2.05, 4.69) is 14.9 Å². The van der Waals surface area contributed by atoms with Crippen LogP contribution in [0.5, 0.6) is 0 Å². The van der Waals surface area contributed by atoms with Crippen LogP contribution in [0.4, 0.5) is 10.8 Å². The van der Waals surface area contributed by atoms with Crippen molar-refractivity contribution in [1.29, 1.82) is 0 Å². The molecule has 0 unspecified atom stereocenters. The number of nitrogens with zero attached hydrogens (tertiary/aromatic N) is 3. The number of nitro groups is 1. The zero-order valence-electron chi connectivity index (χ0n) is 14.6. The molecule has 2 heterocycles. The first kappa shape index (κ1) is 18.8. The van der Waals surface area contributed by atoms with Crippen LogP contribution in [-0.4, -0.2) is 23.5 Å². The highest BCUT2D eigenvalue weighted by Crippen LogP contribution is 2.29. The number of thiazole rings is 1. The second-order valence-electron chi connectivity index (χ2n) is 5.86. The van der Waals surface area contributed by atoms with Gasteiger partial charge in [-0.05, 0) is 12.1 Å². The van der Waals surface area contributed by atoms with Gasteiger partial charge >= 0.3 is 0 Å². The molecule has 0 aliphatic heterocycles. The molecular formula is C18H12N4O5S2. The molecule has 2 aromatic heterocycles. The van der Waals surface area contributed by atoms with Gasteiger partial charge in [0.1, 0.15) is 12.0 Å². The van der Waals surface area contributed by atoms with E-state index in [-0.39, 0.29) is 15.7 Å². The summed E-state index contributed by atoms with van der Waals surface area (Å²) in [6.45, 7) is 0. The topological polar surface area (TPSA) is 128 Å². The lowest BCUT2D eigenvalue weighted by molar-refractivity contribution is -0.384. The van der Waals surface area contributed by atoms with Crippen molar-refractivity contribution in [3.8, 4) is 22.5 Å². The predicted octanol–water partition coefficient (Wildman–Crippen LogP) is 4.17. The Morgan fingerprint density at radius 2 is 1.83 bits per heavy atom. The van der Waals surface area contributed by atoms with Gasteiger partial charge in [-0.15, -0.1) is 11.3 Å². The van der Waals surface area contributed by atoms with Gasteiger partial charge in [-0.1, -0.05) is 29.4 Å². The summed E-state index contributed by atoms with van der Waals surface area (Å²) in [5, 5.41) is 16.5. The van der Waals surface area contributed by atoms with Crippen LogP contribution in [0.25, 0.3) is 22.5 Å². The highest BCUT2D eigenvalue weighted by molar-refractivity contribution is 7.93. The number of benzene rings is 2. The van der Waals surface area contributed by atoms with Gasteiger partial charge in [0, 0.05) is 34.7 Å². The minimum atomic E-state index is -3.84. The number of hydrogen-bond acceptors (Lipinski definition) is 8. The molecule has 0 spiro atoms. The Bertz CT molecular complexity index is 1270. The standard InChI is InChI=1S/C18H12N4O5S2/c23-22(24)14-3-1-2-13(10-14)17-11-28-18(19-17)21-29(25,26)15-6-4-12(5-7-15)16-8-9-27-20-16/h1-11H,(H,19,21). The van der Waals surface area contributed by atoms with Crippen molar-refractivity contribution in [2.45, 2.75) is 4.90 Å². The van der Waals surface area contributed by atoms with Crippen molar-refractivity contribution in [2.24, 2.45) is 0 Å². The Hall–Kier alpha value is -3.57. The van der Waals surface area contributed by atoms with Gasteiger partial charge in [0.25, 0.3) is 15.7 Å². The lowest BCUT2D eigenvalue weighted by Crippen LogP contribution is -2.12. The van der Waals surface area contributed by atoms with E-state index in [0.29, 0.717) is 17.0 Å². The van der Waals surface area contributed by atoms with Gasteiger partial charge in [-0.3, -0.25) is 14.8 Å². The molecule has 146 valence electrons. The van der Waals surface area contributed by atoms with Crippen LogP contribution in [0.2, 0.25) is 0 Å². The maximum absolute atomic E-state index is 12.6. The highest BCUT2D eigenvalue weighted by atomic mass is 32.2. The molecule has 0 atom stereocenters. The molecule has 0 amide bonds. The summed E-state index contributed by atoms with van der Waals surface area (Å²) in [4.78, 5) is 14.7. The molecule has 2 aromatic carbocycles. The zero-order chi connectivity index (χ0) is 20.4. The van der Waals surface area contributed by atoms with E-state index < -0.39 is 14.9 Å². The zero-order valence-corrected chi connectivity index (χ0v) is 16.2. The molecule has 4 aromatic rings. The maximum atomic E-state index is 12.6. The van der Waals surface area contributed by atoms with Crippen molar-refractivity contribution in [3.05, 3.63) is 76.4 Å². The van der Waals surface area contributed by atoms with Crippen LogP contribution < -0.4 is 4.72 Å². The van der Waals surface area contributed by atoms with Crippen LogP contribution in [-0.2, 0) is 10.0 Å². The van der Waals surface area contributed by atoms with E-state index in [4.69, 9.17) is 4.52 Å². The number of aromatic nitrogens is 2. The number of nitrogens with one attached hydrogen (secondary N) is 1. The van der Waals surface area contributed by atoms with Crippen molar-refractivity contribution in [2.75, 3.05) is 4.72 Å². The van der Waals surface area contributed by atoms with Crippen molar-refractivity contribution < 1.29 is 17.9 Å². The van der Waals surface area contributed by atoms with E-state index in [9.17, 15) is 18.5 Å². The van der Waals surface area contributed by atoms with Gasteiger partial charge < -0.3 is 4.52 Å². The van der Waals surface area contributed by atoms with Crippen LogP contribution in [0.15, 0.2) is 75.7 Å². The predicted molar refractivity (Wildman–Crippen MR) is 107 cm³/mol. The minimum absolute atomic E-state index is 0.0650. The van der Waals surface area contributed by atoms with Crippen LogP contribution in [0.1, 0.15) is 0 Å². The Labute approximate surface area is 168 Å². The summed E-state index contributed by atoms with van der Waals surface area (Å²) in [6, 6.07) is 13.8. The van der Waals surface area contributed by atoms with E-state index >= 15 is 0 Å². The van der Waals surface area contributed by atoms with Crippen LogP contribution >= 0.6 is 11.3 Å². The quantitative estimate of drug-likeness (QED) is 0.360. The normalized spacial score (nSPS) is 11.3. The second-order valence-corrected chi connectivity index (χ2v) is 8.40. The molecule has 0 saturated carbocycles. The average molecular weight is 428 g/mol. The van der Waals surface area contributed by atoms with E-state index in [1.54, 1.807) is 35.7 Å². The summed E-state index contributed by atoms with van der Waals surface area (Å²) in [6.07, 6.45) is 1.43. The van der Waals surface area contributed by atoms with Crippen LogP contribution in [0.3, 0.4) is 0 Å². The first-order chi connectivity index (χ1) is 13.9. The lowest BCUT2D eigenvalue weighted by atomic mass is 10.1. The maximum Gasteiger partial charge on any atom is 0.270 e. The van der Waals surface area contributed by atoms with Gasteiger partial charge in [0.2, 0.25) is 0 Å². The smallest absolute Gasteiger partial charge is 0.270 e. The molecule has 11 heteroatoms. The molecule has 0 aliphatic carbocycles. The third-order valence-corrected chi connectivity index (χ3v) is 6.22. The monoisotopic (exact) mass is 428 g/mol. The fourth-order valence-corrected chi connectivity index (χ4v) is 4.54. The summed E-state index contributed by atoms with van der Waals surface area (Å²) in [5.41, 5.74) is 2.23. The molecule has 0 radical (unpaired) electrons. The van der Waals surface area contributed by atoms with Crippen molar-refractivity contribution >= 4 is 32.2 Å². The molecule has 1 N–H and O–H groups in total. The Morgan fingerprint density at radius 1 is 1.03 bits per heavy atom. The fourth-order valence-electron chi connectivity index (χ4n) is 2.57. The number of non-ortho nitro benzene ring substituents is 1. The van der Waals surface area contributed by atoms with Gasteiger partial charge in [-0.2, -0.15) is 0 Å². The summed E-state index contributed by atoms with van der Waals surface area (Å²) < 4.78 is 32.4. The molecule has 4 rings (SSSR count). The first-order valence-corrected chi connectivity index (χ1v) is 10.5. The number of sulfonamides is 1. The first-order valence-electron chi connectivity index (χ1n) is 8.16. The minimum Gasteiger partial charge on any atom is -0.364 e. The number of hydrogen-bond donors (Lipinski definition) is 1. The van der Waals surface area contributed by atoms with Crippen molar-refractivity contribution in [1.82, 2.24) is 10.1 Å². The fraction of sp³-hybridized carbons (Fsp3) is 0. The van der Waals surface area contributed by atoms with Gasteiger partial charge in [0.15, 0.2) is 5.13 Å². The van der Waals surface area contributed by atoms with E-state index in [1.165, 1.54) is 30.5 Å². The second kappa shape index (κ2) is 7.45. The molecule has 0 bridgehead atoms. The number of anilines is 1.